The minimum absolute atomic E-state index is 0.610. The summed E-state index contributed by atoms with van der Waals surface area (Å²) in [6.07, 6.45) is 1.71. The van der Waals surface area contributed by atoms with E-state index >= 15 is 0 Å². The average molecular weight is 208 g/mol. The van der Waals surface area contributed by atoms with Gasteiger partial charge in [0.25, 0.3) is 0 Å². The molecule has 1 heterocycles. The Morgan fingerprint density at radius 2 is 2.14 bits per heavy atom. The van der Waals surface area contributed by atoms with Gasteiger partial charge in [-0.3, -0.25) is 0 Å². The third-order valence-corrected chi connectivity index (χ3v) is 2.33. The summed E-state index contributed by atoms with van der Waals surface area (Å²) in [6.45, 7) is 2.55. The second kappa shape index (κ2) is 3.84. The number of benzene rings is 1. The molecule has 72 valence electrons. The SMILES string of the molecule is CCOc1nccc2c(Cl)cccc12. The number of fused-ring (bicyclic) bond motifs is 1. The van der Waals surface area contributed by atoms with Crippen molar-refractivity contribution in [2.75, 3.05) is 6.61 Å². The Morgan fingerprint density at radius 1 is 1.29 bits per heavy atom. The summed E-state index contributed by atoms with van der Waals surface area (Å²) in [5, 5.41) is 2.67. The molecule has 0 atom stereocenters. The van der Waals surface area contributed by atoms with Crippen LogP contribution in [0.3, 0.4) is 0 Å². The lowest BCUT2D eigenvalue weighted by Gasteiger charge is -2.06. The smallest absolute Gasteiger partial charge is 0.221 e. The van der Waals surface area contributed by atoms with E-state index in [1.807, 2.05) is 31.2 Å². The zero-order valence-electron chi connectivity index (χ0n) is 7.83. The van der Waals surface area contributed by atoms with Crippen molar-refractivity contribution < 1.29 is 4.74 Å². The molecule has 2 nitrogen and oxygen atoms in total. The highest BCUT2D eigenvalue weighted by Gasteiger charge is 2.04. The second-order valence-electron chi connectivity index (χ2n) is 2.88. The molecule has 2 rings (SSSR count). The minimum Gasteiger partial charge on any atom is -0.478 e. The van der Waals surface area contributed by atoms with Crippen molar-refractivity contribution in [1.82, 2.24) is 4.98 Å². The van der Waals surface area contributed by atoms with Crippen LogP contribution in [0.2, 0.25) is 5.02 Å². The first-order valence-electron chi connectivity index (χ1n) is 4.49. The number of hydrogen-bond donors (Lipinski definition) is 0. The predicted octanol–water partition coefficient (Wildman–Crippen LogP) is 3.29. The molecule has 0 radical (unpaired) electrons. The third kappa shape index (κ3) is 1.53. The molecule has 0 amide bonds. The summed E-state index contributed by atoms with van der Waals surface area (Å²) < 4.78 is 5.40. The fourth-order valence-corrected chi connectivity index (χ4v) is 1.63. The van der Waals surface area contributed by atoms with Gasteiger partial charge in [0, 0.05) is 22.0 Å². The maximum atomic E-state index is 6.05. The van der Waals surface area contributed by atoms with Crippen LogP contribution in [-0.2, 0) is 0 Å². The minimum atomic E-state index is 0.610. The van der Waals surface area contributed by atoms with E-state index in [2.05, 4.69) is 4.98 Å². The van der Waals surface area contributed by atoms with Crippen LogP contribution in [0, 0.1) is 0 Å². The molecule has 2 aromatic rings. The van der Waals surface area contributed by atoms with Gasteiger partial charge in [0.05, 0.1) is 6.61 Å². The number of ether oxygens (including phenoxy) is 1. The summed E-state index contributed by atoms with van der Waals surface area (Å²) in [5.74, 6) is 0.646. The molecular weight excluding hydrogens is 198 g/mol. The number of rotatable bonds is 2. The number of hydrogen-bond acceptors (Lipinski definition) is 2. The molecule has 0 fully saturated rings. The average Bonchev–Trinajstić information content (AvgIpc) is 2.20. The van der Waals surface area contributed by atoms with Gasteiger partial charge in [-0.1, -0.05) is 17.7 Å². The Hall–Kier alpha value is -1.28. The first-order valence-corrected chi connectivity index (χ1v) is 4.86. The van der Waals surface area contributed by atoms with E-state index in [-0.39, 0.29) is 0 Å². The Balaban J connectivity index is 2.68. The van der Waals surface area contributed by atoms with Crippen LogP contribution in [0.15, 0.2) is 30.5 Å². The molecule has 0 bridgehead atoms. The summed E-state index contributed by atoms with van der Waals surface area (Å²) in [5.41, 5.74) is 0. The third-order valence-electron chi connectivity index (χ3n) is 2.00. The van der Waals surface area contributed by atoms with Gasteiger partial charge < -0.3 is 4.74 Å². The van der Waals surface area contributed by atoms with E-state index in [9.17, 15) is 0 Å². The van der Waals surface area contributed by atoms with Crippen LogP contribution < -0.4 is 4.74 Å². The van der Waals surface area contributed by atoms with Crippen molar-refractivity contribution >= 4 is 22.4 Å². The largest absolute Gasteiger partial charge is 0.478 e. The van der Waals surface area contributed by atoms with Crippen LogP contribution in [-0.4, -0.2) is 11.6 Å². The van der Waals surface area contributed by atoms with E-state index in [0.29, 0.717) is 12.5 Å². The quantitative estimate of drug-likeness (QED) is 0.754. The highest BCUT2D eigenvalue weighted by Crippen LogP contribution is 2.28. The highest BCUT2D eigenvalue weighted by molar-refractivity contribution is 6.35. The molecule has 0 spiro atoms. The van der Waals surface area contributed by atoms with Crippen LogP contribution >= 0.6 is 11.6 Å². The maximum Gasteiger partial charge on any atom is 0.221 e. The molecule has 3 heteroatoms. The first-order chi connectivity index (χ1) is 6.83. The number of nitrogens with zero attached hydrogens (tertiary/aromatic N) is 1. The van der Waals surface area contributed by atoms with Crippen molar-refractivity contribution in [3.05, 3.63) is 35.5 Å². The standard InChI is InChI=1S/C11H10ClNO/c1-2-14-11-9-4-3-5-10(12)8(9)6-7-13-11/h3-7H,2H2,1H3. The lowest BCUT2D eigenvalue weighted by molar-refractivity contribution is 0.331. The first kappa shape index (κ1) is 9.28. The van der Waals surface area contributed by atoms with Gasteiger partial charge in [-0.25, -0.2) is 4.98 Å². The van der Waals surface area contributed by atoms with E-state index in [1.165, 1.54) is 0 Å². The van der Waals surface area contributed by atoms with Crippen LogP contribution in [0.4, 0.5) is 0 Å². The van der Waals surface area contributed by atoms with E-state index in [4.69, 9.17) is 16.3 Å². The predicted molar refractivity (Wildman–Crippen MR) is 57.9 cm³/mol. The lowest BCUT2D eigenvalue weighted by atomic mass is 10.2. The van der Waals surface area contributed by atoms with Gasteiger partial charge in [-0.05, 0) is 25.1 Å². The van der Waals surface area contributed by atoms with Gasteiger partial charge in [-0.2, -0.15) is 0 Å². The number of halogens is 1. The van der Waals surface area contributed by atoms with Crippen molar-refractivity contribution in [3.63, 3.8) is 0 Å². The second-order valence-corrected chi connectivity index (χ2v) is 3.29. The highest BCUT2D eigenvalue weighted by atomic mass is 35.5. The van der Waals surface area contributed by atoms with Crippen molar-refractivity contribution in [2.45, 2.75) is 6.92 Å². The maximum absolute atomic E-state index is 6.05. The fourth-order valence-electron chi connectivity index (χ4n) is 1.39. The normalized spacial score (nSPS) is 10.4. The van der Waals surface area contributed by atoms with Crippen LogP contribution in [0.25, 0.3) is 10.8 Å². The summed E-state index contributed by atoms with van der Waals surface area (Å²) >= 11 is 6.05. The summed E-state index contributed by atoms with van der Waals surface area (Å²) in [4.78, 5) is 4.16. The Labute approximate surface area is 87.5 Å². The molecule has 1 aromatic carbocycles. The van der Waals surface area contributed by atoms with Crippen molar-refractivity contribution in [1.29, 1.82) is 0 Å². The summed E-state index contributed by atoms with van der Waals surface area (Å²) in [7, 11) is 0. The van der Waals surface area contributed by atoms with Gasteiger partial charge in [0.1, 0.15) is 0 Å². The topological polar surface area (TPSA) is 22.1 Å². The van der Waals surface area contributed by atoms with Crippen LogP contribution in [0.5, 0.6) is 5.88 Å². The molecular formula is C11H10ClNO. The molecule has 0 saturated carbocycles. The Bertz CT molecular complexity index is 456. The van der Waals surface area contributed by atoms with Gasteiger partial charge in [0.2, 0.25) is 5.88 Å². The Kier molecular flexibility index (Phi) is 2.55. The molecule has 1 aromatic heterocycles. The van der Waals surface area contributed by atoms with Crippen LogP contribution in [0.1, 0.15) is 6.92 Å². The van der Waals surface area contributed by atoms with E-state index < -0.39 is 0 Å². The van der Waals surface area contributed by atoms with Gasteiger partial charge in [0.15, 0.2) is 0 Å². The monoisotopic (exact) mass is 207 g/mol. The molecule has 0 aliphatic heterocycles. The van der Waals surface area contributed by atoms with E-state index in [1.54, 1.807) is 6.20 Å². The molecule has 0 aliphatic carbocycles. The lowest BCUT2D eigenvalue weighted by Crippen LogP contribution is -1.94. The zero-order chi connectivity index (χ0) is 9.97. The van der Waals surface area contributed by atoms with E-state index in [0.717, 1.165) is 15.8 Å². The number of aromatic nitrogens is 1. The molecule has 14 heavy (non-hydrogen) atoms. The summed E-state index contributed by atoms with van der Waals surface area (Å²) in [6, 6.07) is 7.61. The van der Waals surface area contributed by atoms with Gasteiger partial charge in [-0.15, -0.1) is 0 Å². The number of pyridine rings is 1. The van der Waals surface area contributed by atoms with Gasteiger partial charge >= 0.3 is 0 Å². The van der Waals surface area contributed by atoms with Crippen molar-refractivity contribution in [3.8, 4) is 5.88 Å². The molecule has 0 saturated heterocycles. The molecule has 0 unspecified atom stereocenters. The van der Waals surface area contributed by atoms with Crippen molar-refractivity contribution in [2.24, 2.45) is 0 Å². The Morgan fingerprint density at radius 3 is 2.93 bits per heavy atom. The molecule has 0 N–H and O–H groups in total. The fraction of sp³-hybridized carbons (Fsp3) is 0.182. The molecule has 0 aliphatic rings. The zero-order valence-corrected chi connectivity index (χ0v) is 8.58.